The normalized spacial score (nSPS) is 9.82. The number of aromatic nitrogens is 8. The third-order valence-corrected chi connectivity index (χ3v) is 7.00. The van der Waals surface area contributed by atoms with Crippen molar-refractivity contribution in [2.45, 2.75) is 26.9 Å². The first-order valence-corrected chi connectivity index (χ1v) is 18.4. The summed E-state index contributed by atoms with van der Waals surface area (Å²) < 4.78 is 15.0. The molecule has 0 aliphatic carbocycles. The van der Waals surface area contributed by atoms with Gasteiger partial charge in [-0.25, -0.2) is 18.8 Å². The number of carbonyl (C=O) groups excluding carboxylic acids is 2. The number of nitrogens with two attached hydrogens (primary N) is 1. The number of carbonyl (C=O) groups is 3. The molecule has 0 saturated carbocycles. The molecular weight excluding hydrogens is 801 g/mol. The van der Waals surface area contributed by atoms with Crippen molar-refractivity contribution in [3.63, 3.8) is 0 Å². The number of fused-ring (bicyclic) bond motifs is 1. The van der Waals surface area contributed by atoms with Crippen LogP contribution < -0.4 is 11.1 Å². The van der Waals surface area contributed by atoms with Crippen LogP contribution in [0.1, 0.15) is 59.4 Å². The number of nitrogens with zero attached hydrogens (tertiary/aromatic N) is 7. The molecule has 18 nitrogen and oxygen atoms in total. The maximum atomic E-state index is 12.8. The molecule has 22 heteroatoms. The van der Waals surface area contributed by atoms with Crippen molar-refractivity contribution >= 4 is 76.8 Å². The highest BCUT2D eigenvalue weighted by Gasteiger charge is 2.18. The number of rotatable bonds is 7. The molecule has 5 heterocycles. The smallest absolute Gasteiger partial charge is 0.356 e. The van der Waals surface area contributed by atoms with Crippen molar-refractivity contribution in [2.24, 2.45) is 0 Å². The van der Waals surface area contributed by atoms with Gasteiger partial charge in [0.15, 0.2) is 5.69 Å². The Bertz CT molecular complexity index is 2220. The molecule has 0 atom stereocenters. The number of carboxylic acids is 1. The Kier molecular flexibility index (Phi) is 18.9. The van der Waals surface area contributed by atoms with E-state index >= 15 is 0 Å². The molecule has 1 amide bonds. The molecule has 0 aliphatic heterocycles. The van der Waals surface area contributed by atoms with Crippen LogP contribution in [0.4, 0.5) is 5.82 Å². The molecular formula is C33H34Cl3N11O7S. The Labute approximate surface area is 330 Å². The molecule has 55 heavy (non-hydrogen) atoms. The minimum atomic E-state index is -1.67. The number of esters is 1. The van der Waals surface area contributed by atoms with E-state index < -0.39 is 27.1 Å². The van der Waals surface area contributed by atoms with Crippen LogP contribution in [-0.4, -0.2) is 86.6 Å². The van der Waals surface area contributed by atoms with E-state index in [2.05, 4.69) is 66.9 Å². The number of carboxylic acid groups (broad SMARTS) is 1. The molecule has 6 rings (SSSR count). The van der Waals surface area contributed by atoms with E-state index in [0.29, 0.717) is 23.1 Å². The number of nitrogen functional groups attached to an aromatic ring is 1. The van der Waals surface area contributed by atoms with Crippen molar-refractivity contribution in [1.82, 2.24) is 45.5 Å². The maximum Gasteiger partial charge on any atom is 0.356 e. The maximum absolute atomic E-state index is 12.8. The SMILES string of the molecule is CO.COC(=O)c1ccn[nH]1.Cc1cc(N)nc(C)c1CNC(=O)c1nn(Cc2ccc3ncc(Cl)cc3c2)cc1C#N.O=C(O)c1ccn[nH]1.O=S(Cl)Cl. The monoisotopic (exact) mass is 833 g/mol. The van der Waals surface area contributed by atoms with Gasteiger partial charge in [0.05, 0.1) is 24.2 Å². The number of ether oxygens (including phenoxy) is 1. The van der Waals surface area contributed by atoms with Crippen LogP contribution in [0.5, 0.6) is 0 Å². The van der Waals surface area contributed by atoms with Crippen LogP contribution in [0, 0.1) is 25.2 Å². The lowest BCUT2D eigenvalue weighted by atomic mass is 10.1. The van der Waals surface area contributed by atoms with Crippen molar-refractivity contribution in [3.8, 4) is 6.07 Å². The number of H-pyrrole nitrogens is 2. The first-order valence-electron chi connectivity index (χ1n) is 15.2. The molecule has 1 aromatic carbocycles. The number of aryl methyl sites for hydroxylation is 2. The third kappa shape index (κ3) is 14.8. The number of hydrogen-bond donors (Lipinski definition) is 6. The summed E-state index contributed by atoms with van der Waals surface area (Å²) in [5.41, 5.74) is 10.9. The van der Waals surface area contributed by atoms with Crippen LogP contribution in [0.15, 0.2) is 67.3 Å². The fourth-order valence-corrected chi connectivity index (χ4v) is 4.62. The summed E-state index contributed by atoms with van der Waals surface area (Å²) in [7, 11) is 9.68. The molecule has 7 N–H and O–H groups in total. The van der Waals surface area contributed by atoms with Crippen molar-refractivity contribution in [3.05, 3.63) is 117 Å². The van der Waals surface area contributed by atoms with Crippen LogP contribution in [-0.2, 0) is 27.1 Å². The summed E-state index contributed by atoms with van der Waals surface area (Å²) in [5.74, 6) is -1.37. The Hall–Kier alpha value is -5.91. The summed E-state index contributed by atoms with van der Waals surface area (Å²) in [4.78, 5) is 41.9. The largest absolute Gasteiger partial charge is 0.477 e. The molecule has 0 saturated heterocycles. The molecule has 290 valence electrons. The highest BCUT2D eigenvalue weighted by Crippen LogP contribution is 2.19. The second kappa shape index (κ2) is 23.0. The van der Waals surface area contributed by atoms with Gasteiger partial charge in [-0.05, 0) is 66.9 Å². The molecule has 0 bridgehead atoms. The number of aromatic amines is 2. The van der Waals surface area contributed by atoms with E-state index in [4.69, 9.17) is 31.8 Å². The zero-order chi connectivity index (χ0) is 41.1. The number of nitriles is 1. The Balaban J connectivity index is 0.000000367. The minimum absolute atomic E-state index is 0.0803. The molecule has 0 fully saturated rings. The van der Waals surface area contributed by atoms with Crippen LogP contribution in [0.3, 0.4) is 0 Å². The number of halogens is 3. The second-order valence-electron chi connectivity index (χ2n) is 10.4. The van der Waals surface area contributed by atoms with Gasteiger partial charge in [-0.2, -0.15) is 20.6 Å². The first-order chi connectivity index (χ1) is 26.2. The molecule has 0 radical (unpaired) electrons. The van der Waals surface area contributed by atoms with E-state index in [-0.39, 0.29) is 23.5 Å². The lowest BCUT2D eigenvalue weighted by Gasteiger charge is -2.11. The number of pyridine rings is 2. The average molecular weight is 835 g/mol. The lowest BCUT2D eigenvalue weighted by Crippen LogP contribution is -2.25. The van der Waals surface area contributed by atoms with Gasteiger partial charge >= 0.3 is 11.9 Å². The van der Waals surface area contributed by atoms with Gasteiger partial charge in [-0.1, -0.05) is 17.7 Å². The number of methoxy groups -OCH3 is 1. The Morgan fingerprint density at radius 3 is 2.22 bits per heavy atom. The van der Waals surface area contributed by atoms with E-state index in [0.717, 1.165) is 40.4 Å². The molecule has 0 unspecified atom stereocenters. The number of hydrogen-bond acceptors (Lipinski definition) is 13. The molecule has 0 spiro atoms. The number of aromatic carboxylic acids is 1. The number of anilines is 1. The number of aliphatic hydroxyl groups excluding tert-OH is 1. The van der Waals surface area contributed by atoms with Gasteiger partial charge in [0.1, 0.15) is 28.8 Å². The summed E-state index contributed by atoms with van der Waals surface area (Å²) in [6, 6.07) is 14.4. The number of benzene rings is 1. The fourth-order valence-electron chi connectivity index (χ4n) is 4.45. The minimum Gasteiger partial charge on any atom is -0.477 e. The highest BCUT2D eigenvalue weighted by molar-refractivity contribution is 8.26. The third-order valence-electron chi connectivity index (χ3n) is 6.79. The average Bonchev–Trinajstić information content (AvgIpc) is 3.95. The predicted molar refractivity (Wildman–Crippen MR) is 206 cm³/mol. The number of aliphatic hydroxyl groups is 1. The molecule has 0 aliphatic rings. The summed E-state index contributed by atoms with van der Waals surface area (Å²) in [6.45, 7) is 4.41. The Morgan fingerprint density at radius 1 is 1.05 bits per heavy atom. The van der Waals surface area contributed by atoms with Crippen LogP contribution in [0.2, 0.25) is 5.02 Å². The quantitative estimate of drug-likeness (QED) is 0.0956. The highest BCUT2D eigenvalue weighted by atomic mass is 36.0. The summed E-state index contributed by atoms with van der Waals surface area (Å²) >= 11 is 6.04. The molecule has 6 aromatic rings. The van der Waals surface area contributed by atoms with E-state index in [1.807, 2.05) is 44.2 Å². The fraction of sp³-hybridized carbons (Fsp3) is 0.182. The van der Waals surface area contributed by atoms with Gasteiger partial charge < -0.3 is 26.0 Å². The number of nitrogens with one attached hydrogen (secondary N) is 3. The van der Waals surface area contributed by atoms with Crippen molar-refractivity contribution < 1.29 is 33.5 Å². The lowest BCUT2D eigenvalue weighted by molar-refractivity contribution is 0.0593. The standard InChI is InChI=1S/C23H20ClN7O.C5H6N2O2.C4H4N2O2.CH4O.Cl2OS/c1-13-5-21(26)29-14(2)19(13)10-28-23(32)22-17(8-25)12-31(30-22)11-15-3-4-20-16(6-15)7-18(24)9-27-20;1-9-5(8)4-2-3-6-7-4;7-4(8)3-1-2-5-6-3;1-2;1-4(2)3/h3-7,9,12H,10-11H2,1-2H3,(H2,26,29)(H,28,32);2-3H,1H3,(H,6,7);1-2H,(H,5,6)(H,7,8);2H,1H3;. The summed E-state index contributed by atoms with van der Waals surface area (Å²) in [5, 5.41) is 45.1. The molecule has 5 aromatic heterocycles. The summed E-state index contributed by atoms with van der Waals surface area (Å²) in [6.07, 6.45) is 6.05. The van der Waals surface area contributed by atoms with Gasteiger partial charge in [-0.15, -0.1) is 0 Å². The van der Waals surface area contributed by atoms with Gasteiger partial charge in [0.25, 0.3) is 5.91 Å². The van der Waals surface area contributed by atoms with E-state index in [9.17, 15) is 19.6 Å². The van der Waals surface area contributed by atoms with E-state index in [1.54, 1.807) is 29.2 Å². The predicted octanol–water partition coefficient (Wildman–Crippen LogP) is 4.48. The van der Waals surface area contributed by atoms with E-state index in [1.165, 1.54) is 25.6 Å². The van der Waals surface area contributed by atoms with Crippen molar-refractivity contribution in [2.75, 3.05) is 20.0 Å². The number of amides is 1. The zero-order valence-corrected chi connectivity index (χ0v) is 32.5. The van der Waals surface area contributed by atoms with Crippen molar-refractivity contribution in [1.29, 1.82) is 5.26 Å². The zero-order valence-electron chi connectivity index (χ0n) is 29.5. The second-order valence-corrected chi connectivity index (χ2v) is 13.4. The van der Waals surface area contributed by atoms with Gasteiger partial charge in [0, 0.05) is 70.9 Å². The first kappa shape index (κ1) is 45.2. The van der Waals surface area contributed by atoms with Gasteiger partial charge in [-0.3, -0.25) is 24.7 Å². The topological polar surface area (TPSA) is 281 Å². The van der Waals surface area contributed by atoms with Gasteiger partial charge in [0.2, 0.25) is 9.23 Å². The van der Waals surface area contributed by atoms with Crippen LogP contribution >= 0.6 is 33.0 Å². The Morgan fingerprint density at radius 2 is 1.69 bits per heavy atom. The van der Waals surface area contributed by atoms with Crippen LogP contribution in [0.25, 0.3) is 10.9 Å².